The Hall–Kier alpha value is -0.810. The molecule has 0 saturated carbocycles. The van der Waals surface area contributed by atoms with Crippen LogP contribution in [-0.2, 0) is 0 Å². The van der Waals surface area contributed by atoms with Crippen molar-refractivity contribution in [3.63, 3.8) is 0 Å². The van der Waals surface area contributed by atoms with Gasteiger partial charge >= 0.3 is 6.03 Å². The van der Waals surface area contributed by atoms with Crippen molar-refractivity contribution in [1.82, 2.24) is 14.7 Å². The minimum absolute atomic E-state index is 0.274. The lowest BCUT2D eigenvalue weighted by atomic mass is 9.93. The number of hydrogen-bond acceptors (Lipinski definition) is 3. The number of urea groups is 1. The smallest absolute Gasteiger partial charge is 0.314 e. The third-order valence-electron chi connectivity index (χ3n) is 5.33. The van der Waals surface area contributed by atoms with E-state index >= 15 is 0 Å². The molecular formula is C15H30N4O. The first kappa shape index (κ1) is 15.6. The van der Waals surface area contributed by atoms with E-state index in [1.807, 2.05) is 0 Å². The van der Waals surface area contributed by atoms with E-state index in [9.17, 15) is 4.79 Å². The number of nitrogens with zero attached hydrogens (tertiary/aromatic N) is 3. The van der Waals surface area contributed by atoms with Crippen molar-refractivity contribution in [1.29, 1.82) is 0 Å². The van der Waals surface area contributed by atoms with E-state index in [-0.39, 0.29) is 6.03 Å². The van der Waals surface area contributed by atoms with Gasteiger partial charge in [-0.1, -0.05) is 6.92 Å². The average Bonchev–Trinajstić information content (AvgIpc) is 2.47. The summed E-state index contributed by atoms with van der Waals surface area (Å²) in [5.74, 6) is 0. The van der Waals surface area contributed by atoms with Crippen molar-refractivity contribution < 1.29 is 4.79 Å². The summed E-state index contributed by atoms with van der Waals surface area (Å²) in [6.45, 7) is 12.9. The average molecular weight is 282 g/mol. The van der Waals surface area contributed by atoms with Crippen molar-refractivity contribution in [2.45, 2.75) is 51.6 Å². The van der Waals surface area contributed by atoms with Gasteiger partial charge in [-0.2, -0.15) is 0 Å². The molecule has 0 aromatic rings. The Labute approximate surface area is 123 Å². The van der Waals surface area contributed by atoms with Crippen molar-refractivity contribution in [2.24, 2.45) is 5.73 Å². The number of primary amides is 1. The molecule has 2 amide bonds. The van der Waals surface area contributed by atoms with E-state index in [1.165, 1.54) is 32.4 Å². The van der Waals surface area contributed by atoms with Gasteiger partial charge in [-0.25, -0.2) is 4.79 Å². The van der Waals surface area contributed by atoms with Crippen molar-refractivity contribution in [3.05, 3.63) is 0 Å². The molecule has 2 aliphatic rings. The van der Waals surface area contributed by atoms with E-state index in [0.717, 1.165) is 26.2 Å². The van der Waals surface area contributed by atoms with Crippen LogP contribution in [0.1, 0.15) is 40.0 Å². The fourth-order valence-electron chi connectivity index (χ4n) is 3.37. The molecule has 2 saturated heterocycles. The Bertz CT molecular complexity index is 329. The Morgan fingerprint density at radius 3 is 2.10 bits per heavy atom. The lowest BCUT2D eigenvalue weighted by molar-refractivity contribution is 0.0313. The number of hydrogen-bond donors (Lipinski definition) is 1. The van der Waals surface area contributed by atoms with Gasteiger partial charge in [-0.3, -0.25) is 9.80 Å². The van der Waals surface area contributed by atoms with Crippen LogP contribution in [0.15, 0.2) is 0 Å². The minimum atomic E-state index is -0.274. The van der Waals surface area contributed by atoms with Crippen LogP contribution < -0.4 is 5.73 Å². The van der Waals surface area contributed by atoms with Gasteiger partial charge < -0.3 is 10.6 Å². The first-order chi connectivity index (χ1) is 9.44. The van der Waals surface area contributed by atoms with Crippen LogP contribution in [0.3, 0.4) is 0 Å². The summed E-state index contributed by atoms with van der Waals surface area (Å²) < 4.78 is 0. The second kappa shape index (κ2) is 6.31. The highest BCUT2D eigenvalue weighted by molar-refractivity contribution is 5.72. The van der Waals surface area contributed by atoms with Crippen LogP contribution in [-0.4, -0.2) is 71.6 Å². The van der Waals surface area contributed by atoms with E-state index < -0.39 is 0 Å². The summed E-state index contributed by atoms with van der Waals surface area (Å²) in [6.07, 6.45) is 3.70. The third kappa shape index (κ3) is 3.44. The maximum atomic E-state index is 11.1. The first-order valence-electron chi connectivity index (χ1n) is 7.97. The number of carbonyl (C=O) groups excluding carboxylic acids is 1. The summed E-state index contributed by atoms with van der Waals surface area (Å²) >= 11 is 0. The summed E-state index contributed by atoms with van der Waals surface area (Å²) in [4.78, 5) is 18.1. The molecule has 20 heavy (non-hydrogen) atoms. The lowest BCUT2D eigenvalue weighted by Gasteiger charge is -2.46. The Morgan fingerprint density at radius 1 is 1.10 bits per heavy atom. The third-order valence-corrected chi connectivity index (χ3v) is 5.33. The van der Waals surface area contributed by atoms with Crippen molar-refractivity contribution in [3.8, 4) is 0 Å². The number of piperazine rings is 1. The van der Waals surface area contributed by atoms with Crippen LogP contribution in [0.4, 0.5) is 4.79 Å². The van der Waals surface area contributed by atoms with Crippen LogP contribution in [0, 0.1) is 0 Å². The minimum Gasteiger partial charge on any atom is -0.351 e. The van der Waals surface area contributed by atoms with Gasteiger partial charge in [0.15, 0.2) is 0 Å². The Morgan fingerprint density at radius 2 is 1.65 bits per heavy atom. The zero-order valence-electron chi connectivity index (χ0n) is 13.3. The molecule has 0 spiro atoms. The summed E-state index contributed by atoms with van der Waals surface area (Å²) in [6, 6.07) is 0.415. The van der Waals surface area contributed by atoms with E-state index in [0.29, 0.717) is 11.6 Å². The molecular weight excluding hydrogens is 252 g/mol. The van der Waals surface area contributed by atoms with Crippen LogP contribution in [0.5, 0.6) is 0 Å². The highest BCUT2D eigenvalue weighted by atomic mass is 16.2. The molecule has 0 aliphatic carbocycles. The van der Waals surface area contributed by atoms with E-state index in [1.54, 1.807) is 4.90 Å². The van der Waals surface area contributed by atoms with E-state index in [4.69, 9.17) is 5.73 Å². The fraction of sp³-hybridized carbons (Fsp3) is 0.933. The van der Waals surface area contributed by atoms with Crippen LogP contribution >= 0.6 is 0 Å². The fourth-order valence-corrected chi connectivity index (χ4v) is 3.37. The standard InChI is InChI=1S/C15H30N4O/c1-4-15(2,3)19-7-5-13(6-8-19)17-9-11-18(12-10-17)14(16)20/h13H,4-12H2,1-3H3,(H2,16,20). The number of rotatable bonds is 3. The molecule has 5 heteroatoms. The topological polar surface area (TPSA) is 52.8 Å². The van der Waals surface area contributed by atoms with Crippen molar-refractivity contribution in [2.75, 3.05) is 39.3 Å². The SMILES string of the molecule is CCC(C)(C)N1CCC(N2CCN(C(N)=O)CC2)CC1. The maximum absolute atomic E-state index is 11.1. The van der Waals surface area contributed by atoms with Crippen LogP contribution in [0.25, 0.3) is 0 Å². The summed E-state index contributed by atoms with van der Waals surface area (Å²) in [5, 5.41) is 0. The van der Waals surface area contributed by atoms with Gasteiger partial charge in [-0.15, -0.1) is 0 Å². The molecule has 116 valence electrons. The van der Waals surface area contributed by atoms with Gasteiger partial charge in [0, 0.05) is 50.8 Å². The quantitative estimate of drug-likeness (QED) is 0.850. The number of amides is 2. The molecule has 2 aliphatic heterocycles. The molecule has 0 bridgehead atoms. The Kier molecular flexibility index (Phi) is 4.91. The molecule has 0 aromatic carbocycles. The molecule has 2 heterocycles. The largest absolute Gasteiger partial charge is 0.351 e. The second-order valence-electron chi connectivity index (χ2n) is 6.75. The number of carbonyl (C=O) groups is 1. The number of likely N-dealkylation sites (tertiary alicyclic amines) is 1. The lowest BCUT2D eigenvalue weighted by Crippen LogP contribution is -2.57. The molecule has 0 radical (unpaired) electrons. The molecule has 5 nitrogen and oxygen atoms in total. The monoisotopic (exact) mass is 282 g/mol. The normalized spacial score (nSPS) is 24.1. The second-order valence-corrected chi connectivity index (χ2v) is 6.75. The highest BCUT2D eigenvalue weighted by Crippen LogP contribution is 2.26. The van der Waals surface area contributed by atoms with Gasteiger partial charge in [-0.05, 0) is 33.1 Å². The number of piperidine rings is 1. The molecule has 2 rings (SSSR count). The van der Waals surface area contributed by atoms with Crippen LogP contribution in [0.2, 0.25) is 0 Å². The van der Waals surface area contributed by atoms with Gasteiger partial charge in [0.25, 0.3) is 0 Å². The predicted molar refractivity (Wildman–Crippen MR) is 81.7 cm³/mol. The molecule has 0 unspecified atom stereocenters. The zero-order chi connectivity index (χ0) is 14.8. The summed E-state index contributed by atoms with van der Waals surface area (Å²) in [5.41, 5.74) is 5.66. The summed E-state index contributed by atoms with van der Waals surface area (Å²) in [7, 11) is 0. The predicted octanol–water partition coefficient (Wildman–Crippen LogP) is 1.34. The highest BCUT2D eigenvalue weighted by Gasteiger charge is 2.32. The van der Waals surface area contributed by atoms with Gasteiger partial charge in [0.1, 0.15) is 0 Å². The molecule has 2 N–H and O–H groups in total. The molecule has 0 aromatic heterocycles. The maximum Gasteiger partial charge on any atom is 0.314 e. The van der Waals surface area contributed by atoms with E-state index in [2.05, 4.69) is 30.6 Å². The van der Waals surface area contributed by atoms with Crippen molar-refractivity contribution >= 4 is 6.03 Å². The first-order valence-corrected chi connectivity index (χ1v) is 7.97. The van der Waals surface area contributed by atoms with Gasteiger partial charge in [0.2, 0.25) is 0 Å². The molecule has 2 fully saturated rings. The Balaban J connectivity index is 1.79. The van der Waals surface area contributed by atoms with Gasteiger partial charge in [0.05, 0.1) is 0 Å². The molecule has 0 atom stereocenters. The number of nitrogens with two attached hydrogens (primary N) is 1. The zero-order valence-corrected chi connectivity index (χ0v) is 13.3.